The number of hydrogen-bond acceptors (Lipinski definition) is 6. The standard InChI is InChI=1S/C22H29FN2O3S/c1-27-22-12-18(14-24-13-17-2-5-19(23)6-3-17)4-7-21(22)28-16-20(26)15-25-8-10-29-11-9-25/h2-7,12,20,24,26H,8-11,13-16H2,1H3/t20-/m0/s1. The van der Waals surface area contributed by atoms with E-state index < -0.39 is 6.10 Å². The predicted octanol–water partition coefficient (Wildman–Crippen LogP) is 2.91. The second-order valence-corrected chi connectivity index (χ2v) is 8.32. The number of rotatable bonds is 10. The zero-order chi connectivity index (χ0) is 20.5. The lowest BCUT2D eigenvalue weighted by Gasteiger charge is -2.28. The molecule has 29 heavy (non-hydrogen) atoms. The summed E-state index contributed by atoms with van der Waals surface area (Å²) in [6, 6.07) is 12.3. The molecule has 1 heterocycles. The smallest absolute Gasteiger partial charge is 0.161 e. The van der Waals surface area contributed by atoms with Crippen molar-refractivity contribution in [2.45, 2.75) is 19.2 Å². The Balaban J connectivity index is 1.46. The summed E-state index contributed by atoms with van der Waals surface area (Å²) in [5, 5.41) is 13.6. The van der Waals surface area contributed by atoms with Gasteiger partial charge in [-0.25, -0.2) is 4.39 Å². The number of nitrogens with one attached hydrogen (secondary N) is 1. The number of ether oxygens (including phenoxy) is 2. The largest absolute Gasteiger partial charge is 0.493 e. The Bertz CT molecular complexity index is 754. The average Bonchev–Trinajstić information content (AvgIpc) is 2.75. The van der Waals surface area contributed by atoms with Gasteiger partial charge in [0.1, 0.15) is 18.5 Å². The Morgan fingerprint density at radius 3 is 2.48 bits per heavy atom. The molecular formula is C22H29FN2O3S. The average molecular weight is 421 g/mol. The Morgan fingerprint density at radius 1 is 1.07 bits per heavy atom. The Hall–Kier alpha value is -1.80. The summed E-state index contributed by atoms with van der Waals surface area (Å²) in [6.45, 7) is 4.22. The highest BCUT2D eigenvalue weighted by molar-refractivity contribution is 7.99. The lowest BCUT2D eigenvalue weighted by Crippen LogP contribution is -2.40. The summed E-state index contributed by atoms with van der Waals surface area (Å²) in [4.78, 5) is 2.28. The van der Waals surface area contributed by atoms with Gasteiger partial charge in [0, 0.05) is 44.2 Å². The molecule has 1 fully saturated rings. The van der Waals surface area contributed by atoms with Gasteiger partial charge in [-0.15, -0.1) is 0 Å². The van der Waals surface area contributed by atoms with Crippen LogP contribution in [0, 0.1) is 5.82 Å². The molecule has 7 heteroatoms. The number of aliphatic hydroxyl groups excluding tert-OH is 1. The van der Waals surface area contributed by atoms with Crippen LogP contribution < -0.4 is 14.8 Å². The van der Waals surface area contributed by atoms with Crippen LogP contribution in [0.4, 0.5) is 4.39 Å². The van der Waals surface area contributed by atoms with Gasteiger partial charge in [0.2, 0.25) is 0 Å². The third-order valence-electron chi connectivity index (χ3n) is 4.80. The fourth-order valence-electron chi connectivity index (χ4n) is 3.22. The van der Waals surface area contributed by atoms with E-state index in [4.69, 9.17) is 9.47 Å². The molecule has 0 amide bonds. The number of nitrogens with zero attached hydrogens (tertiary/aromatic N) is 1. The fraction of sp³-hybridized carbons (Fsp3) is 0.455. The molecule has 0 aliphatic carbocycles. The van der Waals surface area contributed by atoms with Crippen LogP contribution in [-0.4, -0.2) is 61.0 Å². The summed E-state index contributed by atoms with van der Waals surface area (Å²) in [7, 11) is 1.61. The number of thioether (sulfide) groups is 1. The zero-order valence-corrected chi connectivity index (χ0v) is 17.6. The first-order chi connectivity index (χ1) is 14.1. The molecule has 0 aromatic heterocycles. The van der Waals surface area contributed by atoms with E-state index in [1.807, 2.05) is 30.0 Å². The first-order valence-electron chi connectivity index (χ1n) is 9.87. The highest BCUT2D eigenvalue weighted by Gasteiger charge is 2.16. The van der Waals surface area contributed by atoms with Gasteiger partial charge in [0.05, 0.1) is 7.11 Å². The molecule has 158 valence electrons. The molecule has 1 atom stereocenters. The van der Waals surface area contributed by atoms with E-state index in [2.05, 4.69) is 10.2 Å². The van der Waals surface area contributed by atoms with Crippen LogP contribution in [0.15, 0.2) is 42.5 Å². The maximum absolute atomic E-state index is 13.0. The molecule has 5 nitrogen and oxygen atoms in total. The zero-order valence-electron chi connectivity index (χ0n) is 16.8. The highest BCUT2D eigenvalue weighted by atomic mass is 32.2. The third-order valence-corrected chi connectivity index (χ3v) is 5.75. The van der Waals surface area contributed by atoms with Crippen LogP contribution in [-0.2, 0) is 13.1 Å². The van der Waals surface area contributed by atoms with Gasteiger partial charge < -0.3 is 19.9 Å². The molecule has 2 aromatic carbocycles. The monoisotopic (exact) mass is 420 g/mol. The minimum Gasteiger partial charge on any atom is -0.493 e. The number of β-amino-alcohol motifs (C(OH)–C–C–N with tert-alkyl or cyclic N) is 1. The van der Waals surface area contributed by atoms with Gasteiger partial charge in [-0.05, 0) is 35.4 Å². The van der Waals surface area contributed by atoms with E-state index in [1.54, 1.807) is 19.2 Å². The summed E-state index contributed by atoms with van der Waals surface area (Å²) < 4.78 is 24.2. The van der Waals surface area contributed by atoms with E-state index in [0.717, 1.165) is 35.7 Å². The maximum Gasteiger partial charge on any atom is 0.161 e. The summed E-state index contributed by atoms with van der Waals surface area (Å²) in [5.74, 6) is 3.29. The first-order valence-corrected chi connectivity index (χ1v) is 11.0. The molecule has 1 aliphatic heterocycles. The van der Waals surface area contributed by atoms with E-state index in [-0.39, 0.29) is 12.4 Å². The molecule has 0 bridgehead atoms. The van der Waals surface area contributed by atoms with Crippen molar-refractivity contribution >= 4 is 11.8 Å². The Kier molecular flexibility index (Phi) is 8.61. The normalized spacial score (nSPS) is 15.8. The molecular weight excluding hydrogens is 391 g/mol. The lowest BCUT2D eigenvalue weighted by molar-refractivity contribution is 0.0705. The lowest BCUT2D eigenvalue weighted by atomic mass is 10.2. The van der Waals surface area contributed by atoms with Gasteiger partial charge >= 0.3 is 0 Å². The maximum atomic E-state index is 13.0. The van der Waals surface area contributed by atoms with E-state index in [9.17, 15) is 9.50 Å². The van der Waals surface area contributed by atoms with Crippen molar-refractivity contribution in [3.8, 4) is 11.5 Å². The van der Waals surface area contributed by atoms with Gasteiger partial charge in [-0.3, -0.25) is 4.90 Å². The van der Waals surface area contributed by atoms with E-state index in [0.29, 0.717) is 31.1 Å². The summed E-state index contributed by atoms with van der Waals surface area (Å²) in [6.07, 6.45) is -0.528. The number of benzene rings is 2. The van der Waals surface area contributed by atoms with Crippen molar-refractivity contribution in [3.05, 3.63) is 59.4 Å². The van der Waals surface area contributed by atoms with Crippen molar-refractivity contribution in [2.24, 2.45) is 0 Å². The van der Waals surface area contributed by atoms with Crippen molar-refractivity contribution in [2.75, 3.05) is 44.9 Å². The number of halogens is 1. The molecule has 3 rings (SSSR count). The molecule has 0 unspecified atom stereocenters. The summed E-state index contributed by atoms with van der Waals surface area (Å²) >= 11 is 1.96. The van der Waals surface area contributed by atoms with Crippen LogP contribution >= 0.6 is 11.8 Å². The number of aliphatic hydroxyl groups is 1. The SMILES string of the molecule is COc1cc(CNCc2ccc(F)cc2)ccc1OC[C@@H](O)CN1CCSCC1. The fourth-order valence-corrected chi connectivity index (χ4v) is 4.19. The minimum absolute atomic E-state index is 0.228. The molecule has 2 aromatic rings. The van der Waals surface area contributed by atoms with Crippen molar-refractivity contribution in [1.29, 1.82) is 0 Å². The Morgan fingerprint density at radius 2 is 1.76 bits per heavy atom. The van der Waals surface area contributed by atoms with Crippen LogP contribution in [0.3, 0.4) is 0 Å². The highest BCUT2D eigenvalue weighted by Crippen LogP contribution is 2.28. The van der Waals surface area contributed by atoms with Crippen LogP contribution in [0.5, 0.6) is 11.5 Å². The molecule has 1 saturated heterocycles. The first kappa shape index (κ1) is 21.9. The molecule has 2 N–H and O–H groups in total. The molecule has 0 saturated carbocycles. The van der Waals surface area contributed by atoms with Gasteiger partial charge in [-0.1, -0.05) is 18.2 Å². The van der Waals surface area contributed by atoms with E-state index >= 15 is 0 Å². The topological polar surface area (TPSA) is 54.0 Å². The molecule has 1 aliphatic rings. The molecule has 0 radical (unpaired) electrons. The second kappa shape index (κ2) is 11.4. The van der Waals surface area contributed by atoms with Crippen molar-refractivity contribution < 1.29 is 19.0 Å². The van der Waals surface area contributed by atoms with Crippen LogP contribution in [0.2, 0.25) is 0 Å². The summed E-state index contributed by atoms with van der Waals surface area (Å²) in [5.41, 5.74) is 2.09. The predicted molar refractivity (Wildman–Crippen MR) is 115 cm³/mol. The van der Waals surface area contributed by atoms with Gasteiger partial charge in [0.25, 0.3) is 0 Å². The Labute approximate surface area is 176 Å². The third kappa shape index (κ3) is 7.19. The van der Waals surface area contributed by atoms with E-state index in [1.165, 1.54) is 12.1 Å². The quantitative estimate of drug-likeness (QED) is 0.617. The van der Waals surface area contributed by atoms with Gasteiger partial charge in [-0.2, -0.15) is 11.8 Å². The van der Waals surface area contributed by atoms with Crippen LogP contribution in [0.25, 0.3) is 0 Å². The number of hydrogen-bond donors (Lipinski definition) is 2. The minimum atomic E-state index is -0.528. The van der Waals surface area contributed by atoms with Crippen molar-refractivity contribution in [1.82, 2.24) is 10.2 Å². The molecule has 0 spiro atoms. The second-order valence-electron chi connectivity index (χ2n) is 7.09. The number of methoxy groups -OCH3 is 1. The van der Waals surface area contributed by atoms with Crippen LogP contribution in [0.1, 0.15) is 11.1 Å². The van der Waals surface area contributed by atoms with Gasteiger partial charge in [0.15, 0.2) is 11.5 Å². The van der Waals surface area contributed by atoms with Crippen molar-refractivity contribution in [3.63, 3.8) is 0 Å².